The Morgan fingerprint density at radius 1 is 1.15 bits per heavy atom. The minimum atomic E-state index is -0.258. The normalized spacial score (nSPS) is 18.2. The van der Waals surface area contributed by atoms with Crippen LogP contribution in [0, 0.1) is 6.92 Å². The van der Waals surface area contributed by atoms with Crippen molar-refractivity contribution >= 4 is 34.0 Å². The molecule has 10 heteroatoms. The van der Waals surface area contributed by atoms with Crippen molar-refractivity contribution in [2.75, 3.05) is 30.4 Å². The number of benzene rings is 1. The Kier molecular flexibility index (Phi) is 4.91. The zero-order chi connectivity index (χ0) is 23.4. The van der Waals surface area contributed by atoms with Crippen molar-refractivity contribution in [3.05, 3.63) is 42.0 Å². The Balaban J connectivity index is 1.33. The lowest BCUT2D eigenvalue weighted by atomic mass is 10.1. The summed E-state index contributed by atoms with van der Waals surface area (Å²) in [6, 6.07) is 4.34. The summed E-state index contributed by atoms with van der Waals surface area (Å²) in [5, 5.41) is 11.9. The fraction of sp³-hybridized carbons (Fsp3) is 0.417. The van der Waals surface area contributed by atoms with Crippen LogP contribution in [-0.2, 0) is 7.05 Å². The van der Waals surface area contributed by atoms with Crippen LogP contribution < -0.4 is 20.3 Å². The summed E-state index contributed by atoms with van der Waals surface area (Å²) in [5.74, 6) is 0.598. The Morgan fingerprint density at radius 3 is 2.76 bits per heavy atom. The van der Waals surface area contributed by atoms with Crippen molar-refractivity contribution in [2.24, 2.45) is 7.05 Å². The van der Waals surface area contributed by atoms with Gasteiger partial charge in [-0.3, -0.25) is 13.9 Å². The van der Waals surface area contributed by atoms with E-state index in [-0.39, 0.29) is 12.0 Å². The maximum absolute atomic E-state index is 13.4. The van der Waals surface area contributed by atoms with E-state index in [0.717, 1.165) is 49.1 Å². The number of ether oxygens (including phenoxy) is 1. The van der Waals surface area contributed by atoms with Crippen LogP contribution in [0.15, 0.2) is 30.7 Å². The third kappa shape index (κ3) is 3.73. The van der Waals surface area contributed by atoms with E-state index < -0.39 is 0 Å². The third-order valence-electron chi connectivity index (χ3n) is 6.52. The van der Waals surface area contributed by atoms with Crippen LogP contribution in [0.4, 0.5) is 11.5 Å². The predicted molar refractivity (Wildman–Crippen MR) is 130 cm³/mol. The van der Waals surface area contributed by atoms with Gasteiger partial charge >= 0.3 is 0 Å². The third-order valence-corrected chi connectivity index (χ3v) is 6.52. The van der Waals surface area contributed by atoms with Crippen molar-refractivity contribution < 1.29 is 9.53 Å². The molecule has 4 heterocycles. The molecule has 6 rings (SSSR count). The van der Waals surface area contributed by atoms with Crippen LogP contribution in [0.3, 0.4) is 0 Å². The average Bonchev–Trinajstić information content (AvgIpc) is 3.18. The molecule has 0 radical (unpaired) electrons. The number of likely N-dealkylation sites (N-methyl/N-ethyl adjacent to an activating group) is 1. The topological polar surface area (TPSA) is 102 Å². The largest absolute Gasteiger partial charge is 0.472 e. The molecule has 2 N–H and O–H groups in total. The standard InChI is InChI=1S/C24H28N8O2/c1-14-10-32-13-20(28-24(22(32)26-14)34-16-4-5-16)27-23(33)17-6-7-19(18-12-30(3)29-21(17)18)31-9-8-15(11-31)25-2/h6-7,10,12-13,15-16,25H,4-5,8-9,11H2,1-3H3,(H,27,33)/t15-/m0/s1. The molecule has 34 heavy (non-hydrogen) atoms. The van der Waals surface area contributed by atoms with Crippen molar-refractivity contribution in [3.63, 3.8) is 0 Å². The first kappa shape index (κ1) is 20.9. The van der Waals surface area contributed by atoms with Crippen molar-refractivity contribution in [2.45, 2.75) is 38.3 Å². The van der Waals surface area contributed by atoms with Crippen molar-refractivity contribution in [1.29, 1.82) is 0 Å². The van der Waals surface area contributed by atoms with Gasteiger partial charge in [0.05, 0.1) is 17.5 Å². The molecular formula is C24H28N8O2. The van der Waals surface area contributed by atoms with Gasteiger partial charge < -0.3 is 20.3 Å². The van der Waals surface area contributed by atoms with E-state index >= 15 is 0 Å². The average molecular weight is 461 g/mol. The number of rotatable bonds is 6. The molecule has 0 bridgehead atoms. The molecule has 10 nitrogen and oxygen atoms in total. The highest BCUT2D eigenvalue weighted by atomic mass is 16.5. The van der Waals surface area contributed by atoms with E-state index in [2.05, 4.69) is 30.6 Å². The second-order valence-corrected chi connectivity index (χ2v) is 9.23. The fourth-order valence-corrected chi connectivity index (χ4v) is 4.64. The van der Waals surface area contributed by atoms with Gasteiger partial charge in [0.1, 0.15) is 11.6 Å². The highest BCUT2D eigenvalue weighted by Crippen LogP contribution is 2.32. The first-order valence-corrected chi connectivity index (χ1v) is 11.7. The van der Waals surface area contributed by atoms with Crippen LogP contribution >= 0.6 is 0 Å². The van der Waals surface area contributed by atoms with Crippen LogP contribution in [0.25, 0.3) is 16.6 Å². The molecule has 1 amide bonds. The van der Waals surface area contributed by atoms with E-state index in [1.165, 1.54) is 0 Å². The number of anilines is 2. The quantitative estimate of drug-likeness (QED) is 0.456. The van der Waals surface area contributed by atoms with Crippen LogP contribution in [-0.4, -0.2) is 62.3 Å². The van der Waals surface area contributed by atoms with E-state index in [0.29, 0.717) is 34.5 Å². The number of carbonyl (C=O) groups excluding carboxylic acids is 1. The first-order valence-electron chi connectivity index (χ1n) is 11.7. The molecule has 0 unspecified atom stereocenters. The van der Waals surface area contributed by atoms with Crippen LogP contribution in [0.2, 0.25) is 0 Å². The van der Waals surface area contributed by atoms with Gasteiger partial charge in [-0.1, -0.05) is 0 Å². The molecule has 1 aromatic carbocycles. The van der Waals surface area contributed by atoms with Gasteiger partial charge in [-0.05, 0) is 45.4 Å². The Labute approximate surface area is 196 Å². The number of nitrogens with one attached hydrogen (secondary N) is 2. The first-order chi connectivity index (χ1) is 16.5. The maximum Gasteiger partial charge on any atom is 0.260 e. The van der Waals surface area contributed by atoms with Gasteiger partial charge in [-0.2, -0.15) is 10.1 Å². The summed E-state index contributed by atoms with van der Waals surface area (Å²) in [5.41, 5.74) is 3.81. The second kappa shape index (κ2) is 7.98. The zero-order valence-corrected chi connectivity index (χ0v) is 19.6. The molecule has 1 aliphatic carbocycles. The van der Waals surface area contributed by atoms with E-state index in [9.17, 15) is 4.79 Å². The number of aryl methyl sites for hydroxylation is 2. The molecule has 1 saturated heterocycles. The molecule has 0 spiro atoms. The van der Waals surface area contributed by atoms with Crippen molar-refractivity contribution in [3.8, 4) is 5.88 Å². The van der Waals surface area contributed by atoms with E-state index in [1.807, 2.05) is 49.9 Å². The molecule has 1 saturated carbocycles. The number of fused-ring (bicyclic) bond motifs is 2. The molecular weight excluding hydrogens is 432 g/mol. The number of nitrogens with zero attached hydrogens (tertiary/aromatic N) is 6. The summed E-state index contributed by atoms with van der Waals surface area (Å²) < 4.78 is 9.58. The highest BCUT2D eigenvalue weighted by molar-refractivity contribution is 6.13. The van der Waals surface area contributed by atoms with Gasteiger partial charge in [0.15, 0.2) is 5.82 Å². The monoisotopic (exact) mass is 460 g/mol. The van der Waals surface area contributed by atoms with Crippen LogP contribution in [0.1, 0.15) is 35.3 Å². The molecule has 2 fully saturated rings. The smallest absolute Gasteiger partial charge is 0.260 e. The lowest BCUT2D eigenvalue weighted by Crippen LogP contribution is -2.29. The summed E-state index contributed by atoms with van der Waals surface area (Å²) in [4.78, 5) is 24.8. The van der Waals surface area contributed by atoms with Gasteiger partial charge in [0.2, 0.25) is 5.65 Å². The minimum absolute atomic E-state index is 0.174. The number of hydrogen-bond donors (Lipinski definition) is 2. The Morgan fingerprint density at radius 2 is 2.00 bits per heavy atom. The number of carbonyl (C=O) groups is 1. The van der Waals surface area contributed by atoms with Crippen LogP contribution in [0.5, 0.6) is 5.88 Å². The Hall–Kier alpha value is -3.66. The lowest BCUT2D eigenvalue weighted by molar-refractivity contribution is 0.102. The lowest BCUT2D eigenvalue weighted by Gasteiger charge is -2.20. The number of aromatic nitrogens is 5. The van der Waals surface area contributed by atoms with Gasteiger partial charge in [0.25, 0.3) is 11.8 Å². The molecule has 1 atom stereocenters. The minimum Gasteiger partial charge on any atom is -0.472 e. The molecule has 176 valence electrons. The number of amides is 1. The summed E-state index contributed by atoms with van der Waals surface area (Å²) in [6.45, 7) is 3.83. The zero-order valence-electron chi connectivity index (χ0n) is 19.6. The summed E-state index contributed by atoms with van der Waals surface area (Å²) in [7, 11) is 3.88. The summed E-state index contributed by atoms with van der Waals surface area (Å²) >= 11 is 0. The van der Waals surface area contributed by atoms with Crippen molar-refractivity contribution in [1.82, 2.24) is 29.5 Å². The molecule has 4 aromatic rings. The highest BCUT2D eigenvalue weighted by Gasteiger charge is 2.27. The SMILES string of the molecule is CN[C@H]1CCN(c2ccc(C(=O)Nc3cn4cc(C)nc4c(OC4CC4)n3)c3nn(C)cc23)C1. The van der Waals surface area contributed by atoms with E-state index in [4.69, 9.17) is 4.74 Å². The van der Waals surface area contributed by atoms with E-state index in [1.54, 1.807) is 10.9 Å². The molecule has 3 aromatic heterocycles. The summed E-state index contributed by atoms with van der Waals surface area (Å²) in [6.07, 6.45) is 8.93. The second-order valence-electron chi connectivity index (χ2n) is 9.23. The van der Waals surface area contributed by atoms with Gasteiger partial charge in [-0.15, -0.1) is 0 Å². The number of imidazole rings is 1. The maximum atomic E-state index is 13.4. The fourth-order valence-electron chi connectivity index (χ4n) is 4.64. The number of hydrogen-bond acceptors (Lipinski definition) is 7. The molecule has 2 aliphatic rings. The predicted octanol–water partition coefficient (Wildman–Crippen LogP) is 2.52. The molecule has 1 aliphatic heterocycles. The van der Waals surface area contributed by atoms with Gasteiger partial charge in [0, 0.05) is 49.6 Å². The Bertz CT molecular complexity index is 1400. The van der Waals surface area contributed by atoms with Gasteiger partial charge in [-0.25, -0.2) is 4.98 Å².